The van der Waals surface area contributed by atoms with Gasteiger partial charge < -0.3 is 30.3 Å². The number of benzene rings is 1. The highest BCUT2D eigenvalue weighted by atomic mass is 16.5. The lowest BCUT2D eigenvalue weighted by molar-refractivity contribution is 0.00927. The molecule has 0 saturated heterocycles. The van der Waals surface area contributed by atoms with E-state index in [1.165, 1.54) is 0 Å². The van der Waals surface area contributed by atoms with Gasteiger partial charge in [0.1, 0.15) is 18.8 Å². The molecule has 5 N–H and O–H groups in total. The molecule has 0 aliphatic carbocycles. The summed E-state index contributed by atoms with van der Waals surface area (Å²) < 4.78 is 4.81. The lowest BCUT2D eigenvalue weighted by atomic mass is 10.1. The summed E-state index contributed by atoms with van der Waals surface area (Å²) in [4.78, 5) is 11.5. The molecule has 0 aromatic heterocycles. The van der Waals surface area contributed by atoms with E-state index in [0.717, 1.165) is 5.56 Å². The van der Waals surface area contributed by atoms with Crippen molar-refractivity contribution >= 4 is 5.97 Å². The third kappa shape index (κ3) is 8.38. The number of hydrogen-bond acceptors (Lipinski definition) is 7. The fourth-order valence-electron chi connectivity index (χ4n) is 1.16. The molecule has 0 amide bonds. The number of rotatable bonds is 6. The van der Waals surface area contributed by atoms with E-state index >= 15 is 0 Å². The maximum Gasteiger partial charge on any atom is 0.338 e. The van der Waals surface area contributed by atoms with Gasteiger partial charge in [0.15, 0.2) is 0 Å². The molecule has 1 unspecified atom stereocenters. The van der Waals surface area contributed by atoms with Crippen molar-refractivity contribution in [1.82, 2.24) is 0 Å². The Labute approximate surface area is 123 Å². The van der Waals surface area contributed by atoms with Gasteiger partial charge in [-0.2, -0.15) is 0 Å². The monoisotopic (exact) mass is 302 g/mol. The van der Waals surface area contributed by atoms with Gasteiger partial charge in [-0.05, 0) is 18.6 Å². The smallest absolute Gasteiger partial charge is 0.338 e. The second kappa shape index (κ2) is 11.2. The van der Waals surface area contributed by atoms with Crippen LogP contribution in [0.2, 0.25) is 0 Å². The summed E-state index contributed by atoms with van der Waals surface area (Å²) in [6.45, 7) is 0.469. The Hall–Kier alpha value is -1.51. The number of aliphatic hydroxyl groups is 5. The molecule has 0 fully saturated rings. The minimum absolute atomic E-state index is 0.191. The third-order valence-electron chi connectivity index (χ3n) is 2.40. The van der Waals surface area contributed by atoms with E-state index in [1.54, 1.807) is 25.1 Å². The molecule has 1 aromatic rings. The van der Waals surface area contributed by atoms with Crippen molar-refractivity contribution in [2.75, 3.05) is 26.4 Å². The van der Waals surface area contributed by atoms with E-state index < -0.39 is 24.8 Å². The normalized spacial score (nSPS) is 11.6. The van der Waals surface area contributed by atoms with Gasteiger partial charge in [-0.25, -0.2) is 4.79 Å². The number of ether oxygens (including phenoxy) is 1. The lowest BCUT2D eigenvalue weighted by Gasteiger charge is -2.09. The van der Waals surface area contributed by atoms with E-state index in [0.29, 0.717) is 5.56 Å². The van der Waals surface area contributed by atoms with Gasteiger partial charge in [0, 0.05) is 0 Å². The quantitative estimate of drug-likeness (QED) is 0.419. The summed E-state index contributed by atoms with van der Waals surface area (Å²) in [5.41, 5.74) is 1.30. The Morgan fingerprint density at radius 3 is 2.00 bits per heavy atom. The third-order valence-corrected chi connectivity index (χ3v) is 2.40. The van der Waals surface area contributed by atoms with Gasteiger partial charge in [-0.15, -0.1) is 0 Å². The van der Waals surface area contributed by atoms with Crippen LogP contribution in [0.1, 0.15) is 15.9 Å². The zero-order valence-electron chi connectivity index (χ0n) is 11.8. The molecule has 1 rings (SSSR count). The zero-order valence-corrected chi connectivity index (χ0v) is 11.8. The fourth-order valence-corrected chi connectivity index (χ4v) is 1.16. The number of carbonyl (C=O) groups is 1. The molecular formula is C14H22O7. The van der Waals surface area contributed by atoms with Crippen LogP contribution in [0.15, 0.2) is 24.3 Å². The summed E-state index contributed by atoms with van der Waals surface area (Å²) in [5, 5.41) is 41.5. The maximum absolute atomic E-state index is 11.5. The Morgan fingerprint density at radius 1 is 1.05 bits per heavy atom. The van der Waals surface area contributed by atoms with Crippen molar-refractivity contribution in [2.45, 2.75) is 19.1 Å². The van der Waals surface area contributed by atoms with Gasteiger partial charge in [-0.1, -0.05) is 18.2 Å². The van der Waals surface area contributed by atoms with Crippen molar-refractivity contribution in [2.24, 2.45) is 0 Å². The highest BCUT2D eigenvalue weighted by molar-refractivity contribution is 5.90. The van der Waals surface area contributed by atoms with Gasteiger partial charge >= 0.3 is 5.97 Å². The molecule has 0 aliphatic heterocycles. The first-order chi connectivity index (χ1) is 9.96. The molecule has 0 spiro atoms. The molecule has 0 bridgehead atoms. The van der Waals surface area contributed by atoms with Crippen LogP contribution in [0, 0.1) is 6.92 Å². The highest BCUT2D eigenvalue weighted by Gasteiger charge is 2.11. The number of aryl methyl sites for hydroxylation is 1. The molecule has 0 saturated carbocycles. The predicted octanol–water partition coefficient (Wildman–Crippen LogP) is -1.16. The minimum Gasteiger partial charge on any atom is -0.459 e. The summed E-state index contributed by atoms with van der Waals surface area (Å²) in [7, 11) is 0. The number of carbonyl (C=O) groups excluding carboxylic acids is 1. The number of aliphatic hydroxyl groups excluding tert-OH is 5. The minimum atomic E-state index is -1.02. The van der Waals surface area contributed by atoms with Crippen molar-refractivity contribution in [3.05, 3.63) is 35.4 Å². The van der Waals surface area contributed by atoms with Crippen LogP contribution in [0.3, 0.4) is 0 Å². The second-order valence-corrected chi connectivity index (χ2v) is 4.27. The topological polar surface area (TPSA) is 127 Å². The Bertz CT molecular complexity index is 404. The molecule has 0 heterocycles. The van der Waals surface area contributed by atoms with E-state index in [9.17, 15) is 4.79 Å². The standard InChI is InChI=1S/C11H14O4.C3H8O3/c1-8-4-2-3-5-10(8)11(14)15-7-9(13)6-12;4-1-3(6)2-5/h2-5,9,12-13H,6-7H2,1H3;3-6H,1-2H2. The highest BCUT2D eigenvalue weighted by Crippen LogP contribution is 2.08. The molecule has 21 heavy (non-hydrogen) atoms. The Morgan fingerprint density at radius 2 is 1.57 bits per heavy atom. The summed E-state index contributed by atoms with van der Waals surface area (Å²) >= 11 is 0. The van der Waals surface area contributed by atoms with Gasteiger partial charge in [0.05, 0.1) is 25.4 Å². The van der Waals surface area contributed by atoms with Crippen molar-refractivity contribution in [1.29, 1.82) is 0 Å². The van der Waals surface area contributed by atoms with Gasteiger partial charge in [0.2, 0.25) is 0 Å². The SMILES string of the molecule is Cc1ccccc1C(=O)OCC(O)CO.OCC(O)CO. The van der Waals surface area contributed by atoms with Crippen molar-refractivity contribution < 1.29 is 35.1 Å². The molecule has 120 valence electrons. The second-order valence-electron chi connectivity index (χ2n) is 4.27. The van der Waals surface area contributed by atoms with Crippen molar-refractivity contribution in [3.63, 3.8) is 0 Å². The van der Waals surface area contributed by atoms with E-state index in [2.05, 4.69) is 0 Å². The van der Waals surface area contributed by atoms with Crippen LogP contribution in [0.25, 0.3) is 0 Å². The molecule has 0 aliphatic rings. The average Bonchev–Trinajstić information content (AvgIpc) is 2.52. The van der Waals surface area contributed by atoms with E-state index in [-0.39, 0.29) is 19.8 Å². The zero-order chi connectivity index (χ0) is 16.3. The van der Waals surface area contributed by atoms with Crippen LogP contribution in [0.5, 0.6) is 0 Å². The summed E-state index contributed by atoms with van der Waals surface area (Å²) in [6.07, 6.45) is -1.97. The first-order valence-electron chi connectivity index (χ1n) is 6.37. The molecule has 1 atom stereocenters. The fraction of sp³-hybridized carbons (Fsp3) is 0.500. The Kier molecular flexibility index (Phi) is 10.4. The molecule has 7 nitrogen and oxygen atoms in total. The lowest BCUT2D eigenvalue weighted by Crippen LogP contribution is -2.22. The number of esters is 1. The largest absolute Gasteiger partial charge is 0.459 e. The summed E-state index contributed by atoms with van der Waals surface area (Å²) in [5.74, 6) is -0.486. The predicted molar refractivity (Wildman–Crippen MR) is 74.7 cm³/mol. The molecule has 1 aromatic carbocycles. The van der Waals surface area contributed by atoms with Crippen LogP contribution < -0.4 is 0 Å². The van der Waals surface area contributed by atoms with Crippen LogP contribution in [0.4, 0.5) is 0 Å². The first kappa shape index (κ1) is 19.5. The average molecular weight is 302 g/mol. The van der Waals surface area contributed by atoms with E-state index in [4.69, 9.17) is 30.3 Å². The molecule has 0 radical (unpaired) electrons. The first-order valence-corrected chi connectivity index (χ1v) is 6.37. The van der Waals surface area contributed by atoms with Crippen LogP contribution in [-0.4, -0.2) is 70.1 Å². The molecular weight excluding hydrogens is 280 g/mol. The maximum atomic E-state index is 11.5. The van der Waals surface area contributed by atoms with Crippen LogP contribution in [-0.2, 0) is 4.74 Å². The number of hydrogen-bond donors (Lipinski definition) is 5. The van der Waals surface area contributed by atoms with Crippen LogP contribution >= 0.6 is 0 Å². The van der Waals surface area contributed by atoms with Crippen molar-refractivity contribution in [3.8, 4) is 0 Å². The molecule has 7 heteroatoms. The van der Waals surface area contributed by atoms with Gasteiger partial charge in [-0.3, -0.25) is 0 Å². The summed E-state index contributed by atoms with van der Waals surface area (Å²) in [6, 6.07) is 7.03. The van der Waals surface area contributed by atoms with E-state index in [1.807, 2.05) is 6.07 Å². The Balaban J connectivity index is 0.000000567. The van der Waals surface area contributed by atoms with Gasteiger partial charge in [0.25, 0.3) is 0 Å².